The molecule has 0 aromatic heterocycles. The molecule has 0 aliphatic carbocycles. The Hall–Kier alpha value is -0.0800. The molecule has 0 aromatic carbocycles. The lowest BCUT2D eigenvalue weighted by molar-refractivity contribution is -0.133. The van der Waals surface area contributed by atoms with E-state index in [0.29, 0.717) is 17.8 Å². The lowest BCUT2D eigenvalue weighted by Gasteiger charge is -2.45. The molecule has 4 aliphatic rings. The largest absolute Gasteiger partial charge is 0.368 e. The van der Waals surface area contributed by atoms with Crippen LogP contribution in [0.25, 0.3) is 0 Å². The van der Waals surface area contributed by atoms with Gasteiger partial charge in [0.25, 0.3) is 0 Å². The van der Waals surface area contributed by atoms with E-state index in [2.05, 4.69) is 34.6 Å². The van der Waals surface area contributed by atoms with Crippen molar-refractivity contribution in [1.29, 1.82) is 0 Å². The van der Waals surface area contributed by atoms with Crippen LogP contribution in [0.15, 0.2) is 0 Å². The van der Waals surface area contributed by atoms with Crippen LogP contribution in [0.5, 0.6) is 0 Å². The first-order chi connectivity index (χ1) is 7.74. The van der Waals surface area contributed by atoms with Gasteiger partial charge in [0, 0.05) is 11.8 Å². The van der Waals surface area contributed by atoms with Crippen molar-refractivity contribution >= 4 is 0 Å². The van der Waals surface area contributed by atoms with Gasteiger partial charge in [-0.15, -0.1) is 0 Å². The molecular formula is C15H24O2. The van der Waals surface area contributed by atoms with Crippen LogP contribution in [0.3, 0.4) is 0 Å². The molecule has 2 nitrogen and oxygen atoms in total. The van der Waals surface area contributed by atoms with Crippen LogP contribution in [0.1, 0.15) is 53.9 Å². The Balaban J connectivity index is 1.91. The predicted octanol–water partition coefficient (Wildman–Crippen LogP) is 3.15. The van der Waals surface area contributed by atoms with E-state index in [1.54, 1.807) is 0 Å². The molecule has 96 valence electrons. The van der Waals surface area contributed by atoms with E-state index in [9.17, 15) is 0 Å². The molecule has 17 heavy (non-hydrogen) atoms. The van der Waals surface area contributed by atoms with Gasteiger partial charge in [0.1, 0.15) is 0 Å². The first kappa shape index (κ1) is 10.8. The van der Waals surface area contributed by atoms with Gasteiger partial charge in [-0.2, -0.15) is 0 Å². The molecule has 0 saturated carbocycles. The van der Waals surface area contributed by atoms with Crippen molar-refractivity contribution in [3.8, 4) is 0 Å². The van der Waals surface area contributed by atoms with Crippen LogP contribution in [0.4, 0.5) is 0 Å². The molecule has 2 heteroatoms. The second kappa shape index (κ2) is 2.46. The third-order valence-corrected chi connectivity index (χ3v) is 6.65. The maximum Gasteiger partial charge on any atom is 0.0748 e. The Labute approximate surface area is 104 Å². The Morgan fingerprint density at radius 3 is 2.06 bits per heavy atom. The Kier molecular flexibility index (Phi) is 1.57. The highest BCUT2D eigenvalue weighted by atomic mass is 16.6. The third kappa shape index (κ3) is 0.920. The monoisotopic (exact) mass is 236 g/mol. The van der Waals surface area contributed by atoms with Gasteiger partial charge in [-0.3, -0.25) is 0 Å². The number of rotatable bonds is 0. The lowest BCUT2D eigenvalue weighted by atomic mass is 9.53. The van der Waals surface area contributed by atoms with Crippen LogP contribution < -0.4 is 0 Å². The van der Waals surface area contributed by atoms with Gasteiger partial charge in [0.2, 0.25) is 0 Å². The van der Waals surface area contributed by atoms with Crippen LogP contribution >= 0.6 is 0 Å². The molecule has 4 saturated heterocycles. The topological polar surface area (TPSA) is 18.5 Å². The highest BCUT2D eigenvalue weighted by molar-refractivity contribution is 5.27. The molecule has 0 aromatic rings. The van der Waals surface area contributed by atoms with Crippen molar-refractivity contribution < 1.29 is 9.47 Å². The molecule has 0 N–H and O–H groups in total. The summed E-state index contributed by atoms with van der Waals surface area (Å²) in [6.45, 7) is 11.7. The predicted molar refractivity (Wildman–Crippen MR) is 65.8 cm³/mol. The van der Waals surface area contributed by atoms with Crippen molar-refractivity contribution in [3.05, 3.63) is 0 Å². The summed E-state index contributed by atoms with van der Waals surface area (Å²) in [5.74, 6) is 1.87. The van der Waals surface area contributed by atoms with Gasteiger partial charge in [-0.05, 0) is 52.9 Å². The molecule has 0 radical (unpaired) electrons. The smallest absolute Gasteiger partial charge is 0.0748 e. The zero-order valence-corrected chi connectivity index (χ0v) is 11.7. The molecule has 4 heterocycles. The summed E-state index contributed by atoms with van der Waals surface area (Å²) in [5.41, 5.74) is 0.255. The second-order valence-corrected chi connectivity index (χ2v) is 7.89. The fourth-order valence-corrected chi connectivity index (χ4v) is 6.23. The van der Waals surface area contributed by atoms with Gasteiger partial charge >= 0.3 is 0 Å². The van der Waals surface area contributed by atoms with Gasteiger partial charge in [0.05, 0.1) is 22.4 Å². The molecule has 4 rings (SSSR count). The molecule has 4 bridgehead atoms. The highest BCUT2D eigenvalue weighted by Crippen LogP contribution is 2.73. The maximum atomic E-state index is 6.56. The minimum absolute atomic E-state index is 0.0480. The summed E-state index contributed by atoms with van der Waals surface area (Å²) in [6, 6.07) is 0. The summed E-state index contributed by atoms with van der Waals surface area (Å²) in [4.78, 5) is 0. The Morgan fingerprint density at radius 2 is 1.41 bits per heavy atom. The van der Waals surface area contributed by atoms with E-state index in [1.165, 1.54) is 19.3 Å². The molecule has 7 unspecified atom stereocenters. The van der Waals surface area contributed by atoms with Crippen LogP contribution in [-0.4, -0.2) is 22.4 Å². The summed E-state index contributed by atoms with van der Waals surface area (Å²) in [5, 5.41) is 0. The Morgan fingerprint density at radius 1 is 0.824 bits per heavy atom. The summed E-state index contributed by atoms with van der Waals surface area (Å²) in [7, 11) is 0. The van der Waals surface area contributed by atoms with Crippen LogP contribution in [0.2, 0.25) is 0 Å². The first-order valence-corrected chi connectivity index (χ1v) is 7.14. The van der Waals surface area contributed by atoms with Crippen molar-refractivity contribution in [2.75, 3.05) is 0 Å². The lowest BCUT2D eigenvalue weighted by Crippen LogP contribution is -2.54. The Bertz CT molecular complexity index is 408. The molecule has 0 amide bonds. The minimum atomic E-state index is 0.0480. The second-order valence-electron chi connectivity index (χ2n) is 7.89. The number of hydrogen-bond acceptors (Lipinski definition) is 2. The molecular weight excluding hydrogens is 212 g/mol. The number of ether oxygens (including phenoxy) is 2. The average molecular weight is 236 g/mol. The molecule has 7 atom stereocenters. The SMILES string of the molecule is CC1CC2(C)OC1(C)C1C2C2(C)CCC1(C)O2. The molecule has 0 spiro atoms. The van der Waals surface area contributed by atoms with E-state index in [-0.39, 0.29) is 22.4 Å². The van der Waals surface area contributed by atoms with Gasteiger partial charge in [-0.25, -0.2) is 0 Å². The van der Waals surface area contributed by atoms with Crippen molar-refractivity contribution in [1.82, 2.24) is 0 Å². The third-order valence-electron chi connectivity index (χ3n) is 6.65. The van der Waals surface area contributed by atoms with Gasteiger partial charge in [-0.1, -0.05) is 6.92 Å². The van der Waals surface area contributed by atoms with Crippen molar-refractivity contribution in [2.24, 2.45) is 17.8 Å². The minimum Gasteiger partial charge on any atom is -0.368 e. The quantitative estimate of drug-likeness (QED) is 0.643. The molecule has 4 aliphatic heterocycles. The average Bonchev–Trinajstić information content (AvgIpc) is 2.76. The first-order valence-electron chi connectivity index (χ1n) is 7.14. The van der Waals surface area contributed by atoms with Crippen molar-refractivity contribution in [2.45, 2.75) is 76.3 Å². The molecule has 4 fully saturated rings. The fourth-order valence-electron chi connectivity index (χ4n) is 6.23. The van der Waals surface area contributed by atoms with Gasteiger partial charge in [0.15, 0.2) is 0 Å². The summed E-state index contributed by atoms with van der Waals surface area (Å²) >= 11 is 0. The normalized spacial score (nSPS) is 72.2. The van der Waals surface area contributed by atoms with E-state index in [0.717, 1.165) is 0 Å². The number of fused-ring (bicyclic) bond motifs is 9. The maximum absolute atomic E-state index is 6.56. The zero-order chi connectivity index (χ0) is 12.3. The van der Waals surface area contributed by atoms with Crippen LogP contribution in [0, 0.1) is 17.8 Å². The highest BCUT2D eigenvalue weighted by Gasteiger charge is 2.80. The van der Waals surface area contributed by atoms with Gasteiger partial charge < -0.3 is 9.47 Å². The zero-order valence-electron chi connectivity index (χ0n) is 11.7. The van der Waals surface area contributed by atoms with Crippen molar-refractivity contribution in [3.63, 3.8) is 0 Å². The number of hydrogen-bond donors (Lipinski definition) is 0. The standard InChI is InChI=1S/C15H24O2/c1-9-8-14(4)10-11(15(9,5)17-14)13(3)7-6-12(10,2)16-13/h9-11H,6-8H2,1-5H3. The summed E-state index contributed by atoms with van der Waals surface area (Å²) < 4.78 is 13.1. The van der Waals surface area contributed by atoms with Crippen LogP contribution in [-0.2, 0) is 9.47 Å². The summed E-state index contributed by atoms with van der Waals surface area (Å²) in [6.07, 6.45) is 3.64. The van der Waals surface area contributed by atoms with E-state index in [1.807, 2.05) is 0 Å². The van der Waals surface area contributed by atoms with E-state index in [4.69, 9.17) is 9.47 Å². The van der Waals surface area contributed by atoms with E-state index < -0.39 is 0 Å². The fraction of sp³-hybridized carbons (Fsp3) is 1.00. The van der Waals surface area contributed by atoms with E-state index >= 15 is 0 Å².